The highest BCUT2D eigenvalue weighted by Crippen LogP contribution is 2.36. The number of nitrogens with one attached hydrogen (secondary N) is 7. The summed E-state index contributed by atoms with van der Waals surface area (Å²) >= 11 is 10.4. The predicted molar refractivity (Wildman–Crippen MR) is 580 cm³/mol. The number of benzene rings is 12. The van der Waals surface area contributed by atoms with E-state index in [1.54, 1.807) is 97.9 Å². The van der Waals surface area contributed by atoms with Crippen molar-refractivity contribution in [2.75, 3.05) is 6.61 Å². The van der Waals surface area contributed by atoms with Gasteiger partial charge in [-0.1, -0.05) is 223 Å². The number of amides is 7. The summed E-state index contributed by atoms with van der Waals surface area (Å²) < 4.78 is 40.6. The number of halogens is 1. The first-order chi connectivity index (χ1) is 72.7. The Bertz CT molecular complexity index is 8440. The number of nitrogens with zero attached hydrogens (tertiary/aromatic N) is 14. The summed E-state index contributed by atoms with van der Waals surface area (Å²) in [7, 11) is 0. The molecular weight excluding hydrogens is 2000 g/mol. The van der Waals surface area contributed by atoms with Crippen LogP contribution in [-0.4, -0.2) is 125 Å². The van der Waals surface area contributed by atoms with Crippen molar-refractivity contribution in [2.45, 2.75) is 26.7 Å². The van der Waals surface area contributed by atoms with Gasteiger partial charge in [0.2, 0.25) is 69.7 Å². The van der Waals surface area contributed by atoms with Crippen LogP contribution in [0.5, 0.6) is 5.75 Å². The highest BCUT2D eigenvalue weighted by atomic mass is 35.5. The fourth-order valence-corrected chi connectivity index (χ4v) is 16.2. The number of aromatic nitrogens is 7. The number of hydrogen-bond donors (Lipinski definition) is 14. The molecular formula is C104H87ClN28O14S3. The van der Waals surface area contributed by atoms with Gasteiger partial charge in [0.05, 0.1) is 38.1 Å². The van der Waals surface area contributed by atoms with Crippen molar-refractivity contribution in [3.8, 4) is 5.75 Å². The van der Waals surface area contributed by atoms with Crippen molar-refractivity contribution in [3.05, 3.63) is 349 Å². The second-order valence-electron chi connectivity index (χ2n) is 30.7. The summed E-state index contributed by atoms with van der Waals surface area (Å²) in [6.07, 6.45) is 4.91. The zero-order chi connectivity index (χ0) is 105. The SMILES string of the molecule is CC(=O)NC(N)=Nc1nc2ccccc2s1.CCC(=O)NC(N)=Nc1nc2ccccc2s1.NC(=Nc1nc2ccccc2o1)NC(=O)/C=C/c1ccco1.NC(=Nc1nc2ccccc2o1)NC(=O)COc1ccc2ccccc2c1.NC(=Nc1nc2ccccc2o1)NC(=O)Cc1ccccc1.NC(=Nc1nc2ccccc2o1)NC(=O)c1ccccc1.NC(=Nc1nc2ccccc2o1)NC(=O)c1sc2ccccc2c1Cl. The number of carbonyl (C=O) groups excluding carboxylic acids is 7. The molecule has 0 bridgehead atoms. The topological polar surface area (TPSA) is 651 Å². The summed E-state index contributed by atoms with van der Waals surface area (Å²) in [5, 5.41) is 21.6. The number of nitrogens with two attached hydrogens (primary N) is 7. The highest BCUT2D eigenvalue weighted by molar-refractivity contribution is 7.22. The van der Waals surface area contributed by atoms with Gasteiger partial charge >= 0.3 is 30.1 Å². The summed E-state index contributed by atoms with van der Waals surface area (Å²) in [6, 6.07) is 94.7. The van der Waals surface area contributed by atoms with E-state index in [2.05, 4.69) is 107 Å². The number of fused-ring (bicyclic) bond motifs is 9. The molecule has 12 aromatic carbocycles. The molecule has 0 saturated carbocycles. The molecule has 21 rings (SSSR count). The van der Waals surface area contributed by atoms with E-state index in [1.807, 2.05) is 218 Å². The third kappa shape index (κ3) is 30.6. The number of thiazole rings is 2. The van der Waals surface area contributed by atoms with Crippen molar-refractivity contribution >= 4 is 272 Å². The summed E-state index contributed by atoms with van der Waals surface area (Å²) in [5.74, 6) is -1.46. The van der Waals surface area contributed by atoms with Gasteiger partial charge in [0, 0.05) is 35.1 Å². The number of rotatable bonds is 17. The quantitative estimate of drug-likeness (QED) is 0.0229. The first-order valence-corrected chi connectivity index (χ1v) is 47.7. The maximum absolute atomic E-state index is 12.4. The molecule has 21 aromatic rings. The number of ether oxygens (including phenoxy) is 1. The van der Waals surface area contributed by atoms with E-state index in [4.69, 9.17) is 83.0 Å². The molecule has 42 nitrogen and oxygen atoms in total. The van der Waals surface area contributed by atoms with Crippen LogP contribution < -0.4 is 82.1 Å². The van der Waals surface area contributed by atoms with Crippen LogP contribution in [0.25, 0.3) is 103 Å². The smallest absolute Gasteiger partial charge is 0.325 e. The maximum Gasteiger partial charge on any atom is 0.325 e. The molecule has 0 aliphatic heterocycles. The minimum atomic E-state index is -0.436. The lowest BCUT2D eigenvalue weighted by Gasteiger charge is -2.07. The van der Waals surface area contributed by atoms with Gasteiger partial charge in [-0.25, -0.2) is 9.97 Å². The number of guanidine groups is 7. The van der Waals surface area contributed by atoms with E-state index in [1.165, 1.54) is 59.3 Å². The molecule has 0 unspecified atom stereocenters. The number of furan rings is 1. The Morgan fingerprint density at radius 3 is 1.18 bits per heavy atom. The van der Waals surface area contributed by atoms with Crippen LogP contribution in [0, 0.1) is 0 Å². The zero-order valence-electron chi connectivity index (χ0n) is 78.9. The third-order valence-electron chi connectivity index (χ3n) is 19.7. The molecule has 7 amide bonds. The fraction of sp³-hybridized carbons (Fsp3) is 0.0481. The molecule has 9 aromatic heterocycles. The largest absolute Gasteiger partial charge is 0.484 e. The van der Waals surface area contributed by atoms with Gasteiger partial charge in [0.25, 0.3) is 23.6 Å². The van der Waals surface area contributed by atoms with E-state index in [0.717, 1.165) is 46.9 Å². The second kappa shape index (κ2) is 51.1. The Balaban J connectivity index is 0.000000132. The van der Waals surface area contributed by atoms with Crippen molar-refractivity contribution < 1.29 is 64.8 Å². The minimum Gasteiger partial charge on any atom is -0.484 e. The van der Waals surface area contributed by atoms with Crippen molar-refractivity contribution in [1.82, 2.24) is 72.1 Å². The van der Waals surface area contributed by atoms with Crippen molar-refractivity contribution in [2.24, 2.45) is 75.1 Å². The fourth-order valence-electron chi connectivity index (χ4n) is 13.1. The van der Waals surface area contributed by atoms with Gasteiger partial charge in [-0.2, -0.15) is 59.9 Å². The predicted octanol–water partition coefficient (Wildman–Crippen LogP) is 16.9. The van der Waals surface area contributed by atoms with E-state index in [0.29, 0.717) is 99.2 Å². The summed E-state index contributed by atoms with van der Waals surface area (Å²) in [6.45, 7) is 2.93. The van der Waals surface area contributed by atoms with Gasteiger partial charge in [0.1, 0.15) is 44.0 Å². The molecule has 150 heavy (non-hydrogen) atoms. The first kappa shape index (κ1) is 104. The molecule has 0 aliphatic carbocycles. The molecule has 0 aliphatic rings. The zero-order valence-corrected chi connectivity index (χ0v) is 82.1. The molecule has 0 fully saturated rings. The normalized spacial score (nSPS) is 11.7. The Labute approximate surface area is 865 Å². The molecule has 0 saturated heterocycles. The lowest BCUT2D eigenvalue weighted by molar-refractivity contribution is -0.122. The monoisotopic (exact) mass is 2080 g/mol. The molecule has 21 N–H and O–H groups in total. The minimum absolute atomic E-state index is 0.0486. The van der Waals surface area contributed by atoms with E-state index in [9.17, 15) is 33.6 Å². The van der Waals surface area contributed by atoms with Crippen LogP contribution in [0.4, 0.5) is 40.3 Å². The van der Waals surface area contributed by atoms with Crippen LogP contribution in [-0.2, 0) is 30.4 Å². The molecule has 46 heteroatoms. The second-order valence-corrected chi connectivity index (χ2v) is 34.2. The van der Waals surface area contributed by atoms with Gasteiger partial charge in [-0.05, 0) is 150 Å². The number of oxazole rings is 5. The lowest BCUT2D eigenvalue weighted by atomic mass is 10.1. The van der Waals surface area contributed by atoms with E-state index in [-0.39, 0.29) is 108 Å². The van der Waals surface area contributed by atoms with Gasteiger partial charge in [-0.15, -0.1) is 11.3 Å². The molecule has 9 heterocycles. The Hall–Kier alpha value is -20.3. The Morgan fingerprint density at radius 2 is 0.740 bits per heavy atom. The molecule has 0 atom stereocenters. The van der Waals surface area contributed by atoms with Crippen LogP contribution >= 0.6 is 45.6 Å². The standard InChI is InChI=1S/C20H16N4O3.C17H11ClN4O2S.C16H14N4O2.C15H12N4O3.C15H12N4O2.C11H12N4OS.C10H10N4OS/c21-19(24-20-22-16-7-3-4-8-17(16)27-20)23-18(25)12-26-15-10-9-13-5-1-2-6-14(13)11-15;18-13-9-5-1-4-8-12(9)25-14(13)15(23)21-16(19)22-17-20-10-6-2-3-7-11(10)24-17;17-15(19-14(21)10-11-6-2-1-3-7-11)20-16-18-12-8-4-5-9-13(12)22-16;16-14(18-13(20)8-7-10-4-3-9-21-10)19-15-17-11-5-1-2-6-12(11)22-15;16-14(18-13(20)10-6-2-1-3-7-10)19-15-17-11-8-4-5-9-12(11)21-15;1-2-9(16)14-10(12)15-11-13-7-5-3-4-6-8(7)17-11;1-6(15)12-9(11)14-10-13-7-4-2-3-5-8(7)16-10/h1-11H,12H2,(H3,21,22,23,24,25);1-8H,(H3,19,20,21,22,23);1-9H,10H2,(H3,17,18,19,20,21);1-9H,(H3,16,17,18,19,20);1-9H,(H3,16,17,18,19,20);3-6H,2H2,1H3,(H3,12,13,14,15,16);2-5H,1H3,(H3,11,12,13,14,15)/b;;;8-7+;;;. The van der Waals surface area contributed by atoms with E-state index >= 15 is 0 Å². The van der Waals surface area contributed by atoms with Gasteiger partial charge in [-0.3, -0.25) is 70.8 Å². The van der Waals surface area contributed by atoms with E-state index < -0.39 is 17.7 Å². The number of hydrogen-bond acceptors (Lipinski definition) is 31. The maximum atomic E-state index is 12.4. The number of thiophene rings is 1. The van der Waals surface area contributed by atoms with Gasteiger partial charge < -0.3 is 71.4 Å². The average Bonchev–Trinajstić information content (AvgIpc) is 1.65. The molecule has 752 valence electrons. The number of aliphatic imine (C=N–C) groups is 7. The van der Waals surface area contributed by atoms with Gasteiger partial charge in [0.15, 0.2) is 34.5 Å². The average molecular weight is 2080 g/mol. The van der Waals surface area contributed by atoms with Crippen molar-refractivity contribution in [1.29, 1.82) is 0 Å². The molecule has 0 radical (unpaired) electrons. The number of para-hydroxylation sites is 12. The lowest BCUT2D eigenvalue weighted by Crippen LogP contribution is -2.39. The van der Waals surface area contributed by atoms with Crippen molar-refractivity contribution in [3.63, 3.8) is 0 Å². The third-order valence-corrected chi connectivity index (χ3v) is 23.2. The van der Waals surface area contributed by atoms with Crippen LogP contribution in [0.2, 0.25) is 5.02 Å². The first-order valence-electron chi connectivity index (χ1n) is 44.8. The Kier molecular flexibility index (Phi) is 35.4. The van der Waals surface area contributed by atoms with Crippen LogP contribution in [0.3, 0.4) is 0 Å². The Morgan fingerprint density at radius 1 is 0.360 bits per heavy atom. The summed E-state index contributed by atoms with van der Waals surface area (Å²) in [4.78, 5) is 139. The van der Waals surface area contributed by atoms with Crippen LogP contribution in [0.15, 0.2) is 383 Å². The number of carbonyl (C=O) groups is 7. The molecule has 0 spiro atoms. The summed E-state index contributed by atoms with van der Waals surface area (Å²) in [5.41, 5.74) is 49.2. The highest BCUT2D eigenvalue weighted by Gasteiger charge is 2.21. The van der Waals surface area contributed by atoms with Crippen LogP contribution in [0.1, 0.15) is 51.6 Å².